The third-order valence-corrected chi connectivity index (χ3v) is 3.20. The quantitative estimate of drug-likeness (QED) is 0.592. The van der Waals surface area contributed by atoms with Gasteiger partial charge in [-0.05, 0) is 6.92 Å². The van der Waals surface area contributed by atoms with E-state index < -0.39 is 11.9 Å². The van der Waals surface area contributed by atoms with Crippen LogP contribution in [-0.2, 0) is 12.7 Å². The minimum Gasteiger partial charge on any atom is -0.363 e. The molecule has 0 bridgehead atoms. The zero-order valence-electron chi connectivity index (χ0n) is 10.3. The number of halogens is 3. The number of hydrazine groups is 1. The Morgan fingerprint density at radius 3 is 2.60 bits per heavy atom. The van der Waals surface area contributed by atoms with E-state index in [2.05, 4.69) is 20.3 Å². The molecule has 2 aromatic rings. The molecule has 2 aromatic heterocycles. The van der Waals surface area contributed by atoms with E-state index >= 15 is 0 Å². The molecule has 0 saturated heterocycles. The Kier molecular flexibility index (Phi) is 4.04. The fourth-order valence-corrected chi connectivity index (χ4v) is 2.11. The number of hydrogen-bond acceptors (Lipinski definition) is 7. The van der Waals surface area contributed by atoms with Crippen molar-refractivity contribution in [3.8, 4) is 0 Å². The van der Waals surface area contributed by atoms with Crippen LogP contribution in [0.2, 0.25) is 0 Å². The average molecular weight is 304 g/mol. The Balaban J connectivity index is 2.18. The zero-order valence-corrected chi connectivity index (χ0v) is 11.1. The molecule has 0 spiro atoms. The average Bonchev–Trinajstić information content (AvgIpc) is 2.81. The molecule has 0 atom stereocenters. The number of aromatic nitrogens is 3. The van der Waals surface area contributed by atoms with E-state index in [1.165, 1.54) is 11.3 Å². The van der Waals surface area contributed by atoms with E-state index in [0.717, 1.165) is 16.8 Å². The first-order chi connectivity index (χ1) is 9.38. The van der Waals surface area contributed by atoms with Crippen molar-refractivity contribution in [2.75, 3.05) is 10.7 Å². The summed E-state index contributed by atoms with van der Waals surface area (Å²) in [6.07, 6.45) is -4.57. The molecule has 20 heavy (non-hydrogen) atoms. The van der Waals surface area contributed by atoms with E-state index in [1.54, 1.807) is 0 Å². The SMILES string of the molecule is Cc1csc(CNc2cc(C(F)(F)F)nc(NN)n2)n1. The Hall–Kier alpha value is -1.94. The van der Waals surface area contributed by atoms with Gasteiger partial charge in [-0.1, -0.05) is 0 Å². The number of thiazole rings is 1. The maximum absolute atomic E-state index is 12.7. The lowest BCUT2D eigenvalue weighted by molar-refractivity contribution is -0.141. The van der Waals surface area contributed by atoms with Crippen molar-refractivity contribution < 1.29 is 13.2 Å². The van der Waals surface area contributed by atoms with Gasteiger partial charge in [-0.2, -0.15) is 18.2 Å². The first kappa shape index (κ1) is 14.5. The van der Waals surface area contributed by atoms with Crippen LogP contribution in [0.15, 0.2) is 11.4 Å². The van der Waals surface area contributed by atoms with E-state index in [4.69, 9.17) is 5.84 Å². The van der Waals surface area contributed by atoms with Gasteiger partial charge in [-0.15, -0.1) is 11.3 Å². The summed E-state index contributed by atoms with van der Waals surface area (Å²) in [7, 11) is 0. The lowest BCUT2D eigenvalue weighted by atomic mass is 10.3. The van der Waals surface area contributed by atoms with E-state index in [-0.39, 0.29) is 18.3 Å². The molecule has 10 heteroatoms. The second kappa shape index (κ2) is 5.59. The second-order valence-electron chi connectivity index (χ2n) is 3.84. The number of anilines is 2. The van der Waals surface area contributed by atoms with Gasteiger partial charge in [0.2, 0.25) is 5.95 Å². The highest BCUT2D eigenvalue weighted by molar-refractivity contribution is 7.09. The molecule has 0 amide bonds. The highest BCUT2D eigenvalue weighted by Crippen LogP contribution is 2.29. The third-order valence-electron chi connectivity index (χ3n) is 2.23. The predicted octanol–water partition coefficient (Wildman–Crippen LogP) is 2.16. The molecule has 0 unspecified atom stereocenters. The minimum atomic E-state index is -4.57. The van der Waals surface area contributed by atoms with Crippen molar-refractivity contribution in [1.82, 2.24) is 15.0 Å². The zero-order chi connectivity index (χ0) is 14.8. The van der Waals surface area contributed by atoms with Crippen molar-refractivity contribution in [1.29, 1.82) is 0 Å². The van der Waals surface area contributed by atoms with Gasteiger partial charge >= 0.3 is 6.18 Å². The van der Waals surface area contributed by atoms with E-state index in [9.17, 15) is 13.2 Å². The molecule has 0 aliphatic heterocycles. The Bertz CT molecular complexity index is 597. The number of nitrogens with one attached hydrogen (secondary N) is 2. The molecule has 4 N–H and O–H groups in total. The number of nitrogens with zero attached hydrogens (tertiary/aromatic N) is 3. The molecule has 0 aliphatic carbocycles. The fourth-order valence-electron chi connectivity index (χ4n) is 1.40. The molecule has 0 aliphatic rings. The highest BCUT2D eigenvalue weighted by atomic mass is 32.1. The van der Waals surface area contributed by atoms with Crippen molar-refractivity contribution in [3.63, 3.8) is 0 Å². The van der Waals surface area contributed by atoms with Crippen LogP contribution in [0.1, 0.15) is 16.4 Å². The number of rotatable bonds is 4. The summed E-state index contributed by atoms with van der Waals surface area (Å²) in [5, 5.41) is 5.36. The summed E-state index contributed by atoms with van der Waals surface area (Å²) in [6, 6.07) is 0.821. The van der Waals surface area contributed by atoms with Crippen LogP contribution < -0.4 is 16.6 Å². The Morgan fingerprint density at radius 2 is 2.05 bits per heavy atom. The summed E-state index contributed by atoms with van der Waals surface area (Å²) < 4.78 is 38.0. The van der Waals surface area contributed by atoms with E-state index in [0.29, 0.717) is 0 Å². The van der Waals surface area contributed by atoms with Crippen LogP contribution in [0.5, 0.6) is 0 Å². The van der Waals surface area contributed by atoms with Crippen LogP contribution in [0, 0.1) is 6.92 Å². The smallest absolute Gasteiger partial charge is 0.363 e. The molecule has 0 fully saturated rings. The van der Waals surface area contributed by atoms with Crippen molar-refractivity contribution in [2.45, 2.75) is 19.6 Å². The van der Waals surface area contributed by atoms with Gasteiger partial charge in [0.25, 0.3) is 0 Å². The van der Waals surface area contributed by atoms with Crippen LogP contribution in [0.25, 0.3) is 0 Å². The second-order valence-corrected chi connectivity index (χ2v) is 4.78. The number of nitrogens with two attached hydrogens (primary N) is 1. The molecule has 2 heterocycles. The largest absolute Gasteiger partial charge is 0.433 e. The summed E-state index contributed by atoms with van der Waals surface area (Å²) in [6.45, 7) is 2.11. The molecule has 0 radical (unpaired) electrons. The van der Waals surface area contributed by atoms with Crippen LogP contribution in [-0.4, -0.2) is 15.0 Å². The predicted molar refractivity (Wildman–Crippen MR) is 69.0 cm³/mol. The van der Waals surface area contributed by atoms with Crippen molar-refractivity contribution in [2.24, 2.45) is 5.84 Å². The summed E-state index contributed by atoms with van der Waals surface area (Å²) in [5.74, 6) is 4.77. The van der Waals surface area contributed by atoms with Gasteiger partial charge in [0.15, 0.2) is 5.69 Å². The van der Waals surface area contributed by atoms with Crippen LogP contribution >= 0.6 is 11.3 Å². The molecular formula is C10H11F3N6S. The topological polar surface area (TPSA) is 88.8 Å². The minimum absolute atomic E-state index is 0.0214. The molecule has 108 valence electrons. The monoisotopic (exact) mass is 304 g/mol. The Morgan fingerprint density at radius 1 is 1.30 bits per heavy atom. The maximum Gasteiger partial charge on any atom is 0.433 e. The Labute approximate surface area is 116 Å². The molecular weight excluding hydrogens is 293 g/mol. The summed E-state index contributed by atoms with van der Waals surface area (Å²) >= 11 is 1.41. The standard InChI is InChI=1S/C10H11F3N6S/c1-5-4-20-8(16-5)3-15-7-2-6(10(11,12)13)17-9(18-7)19-14/h2,4H,3,14H2,1H3,(H2,15,17,18,19). The van der Waals surface area contributed by atoms with Gasteiger partial charge in [-0.3, -0.25) is 5.43 Å². The maximum atomic E-state index is 12.7. The molecule has 2 rings (SSSR count). The third kappa shape index (κ3) is 3.54. The van der Waals surface area contributed by atoms with Gasteiger partial charge in [0.05, 0.1) is 6.54 Å². The number of aryl methyl sites for hydroxylation is 1. The summed E-state index contributed by atoms with van der Waals surface area (Å²) in [5.41, 5.74) is 1.79. The van der Waals surface area contributed by atoms with Gasteiger partial charge in [0, 0.05) is 17.1 Å². The fraction of sp³-hybridized carbons (Fsp3) is 0.300. The van der Waals surface area contributed by atoms with Gasteiger partial charge in [0.1, 0.15) is 10.8 Å². The lowest BCUT2D eigenvalue weighted by Crippen LogP contribution is -2.16. The normalized spacial score (nSPS) is 11.4. The van der Waals surface area contributed by atoms with E-state index in [1.807, 2.05) is 17.7 Å². The van der Waals surface area contributed by atoms with Crippen LogP contribution in [0.3, 0.4) is 0 Å². The first-order valence-corrected chi connectivity index (χ1v) is 6.34. The molecule has 0 aromatic carbocycles. The van der Waals surface area contributed by atoms with Crippen molar-refractivity contribution >= 4 is 23.1 Å². The number of nitrogen functional groups attached to an aromatic ring is 1. The molecule has 6 nitrogen and oxygen atoms in total. The molecule has 0 saturated carbocycles. The van der Waals surface area contributed by atoms with Crippen LogP contribution in [0.4, 0.5) is 24.9 Å². The number of alkyl halides is 3. The number of hydrogen-bond donors (Lipinski definition) is 3. The summed E-state index contributed by atoms with van der Waals surface area (Å²) in [4.78, 5) is 11.3. The lowest BCUT2D eigenvalue weighted by Gasteiger charge is -2.10. The first-order valence-electron chi connectivity index (χ1n) is 5.46. The van der Waals surface area contributed by atoms with Crippen molar-refractivity contribution in [3.05, 3.63) is 27.8 Å². The van der Waals surface area contributed by atoms with Gasteiger partial charge in [-0.25, -0.2) is 15.8 Å². The van der Waals surface area contributed by atoms with Gasteiger partial charge < -0.3 is 5.32 Å². The highest BCUT2D eigenvalue weighted by Gasteiger charge is 2.33.